The van der Waals surface area contributed by atoms with E-state index in [0.29, 0.717) is 6.54 Å². The SMILES string of the molecule is O=CCN1CCC2CC21. The number of fused-ring (bicyclic) bond motifs is 1. The van der Waals surface area contributed by atoms with Gasteiger partial charge in [-0.05, 0) is 25.3 Å². The summed E-state index contributed by atoms with van der Waals surface area (Å²) < 4.78 is 0. The van der Waals surface area contributed by atoms with Crippen LogP contribution in [0.2, 0.25) is 0 Å². The summed E-state index contributed by atoms with van der Waals surface area (Å²) in [4.78, 5) is 12.4. The van der Waals surface area contributed by atoms with Crippen molar-refractivity contribution >= 4 is 6.29 Å². The predicted molar refractivity (Wildman–Crippen MR) is 34.1 cm³/mol. The van der Waals surface area contributed by atoms with Crippen molar-refractivity contribution in [1.29, 1.82) is 0 Å². The molecule has 0 spiro atoms. The number of carbonyl (C=O) groups is 1. The van der Waals surface area contributed by atoms with Crippen LogP contribution in [0.15, 0.2) is 0 Å². The molecule has 0 radical (unpaired) electrons. The number of aldehydes is 1. The molecule has 2 nitrogen and oxygen atoms in total. The minimum Gasteiger partial charge on any atom is -0.302 e. The smallest absolute Gasteiger partial charge is 0.133 e. The molecule has 0 aromatic rings. The van der Waals surface area contributed by atoms with Crippen molar-refractivity contribution < 1.29 is 4.79 Å². The first kappa shape index (κ1) is 5.42. The average molecular weight is 125 g/mol. The van der Waals surface area contributed by atoms with Crippen LogP contribution in [0.25, 0.3) is 0 Å². The highest BCUT2D eigenvalue weighted by molar-refractivity contribution is 5.52. The molecule has 9 heavy (non-hydrogen) atoms. The van der Waals surface area contributed by atoms with E-state index < -0.39 is 0 Å². The lowest BCUT2D eigenvalue weighted by atomic mass is 10.3. The number of piperidine rings is 1. The summed E-state index contributed by atoms with van der Waals surface area (Å²) in [5, 5.41) is 0. The van der Waals surface area contributed by atoms with Gasteiger partial charge in [-0.15, -0.1) is 0 Å². The Balaban J connectivity index is 1.90. The summed E-state index contributed by atoms with van der Waals surface area (Å²) in [5.41, 5.74) is 0. The second-order valence-electron chi connectivity index (χ2n) is 3.01. The topological polar surface area (TPSA) is 20.3 Å². The van der Waals surface area contributed by atoms with Crippen LogP contribution >= 0.6 is 0 Å². The van der Waals surface area contributed by atoms with E-state index in [-0.39, 0.29) is 0 Å². The van der Waals surface area contributed by atoms with E-state index in [1.807, 2.05) is 0 Å². The van der Waals surface area contributed by atoms with Gasteiger partial charge >= 0.3 is 0 Å². The largest absolute Gasteiger partial charge is 0.302 e. The summed E-state index contributed by atoms with van der Waals surface area (Å²) in [5.74, 6) is 0.963. The number of hydrogen-bond donors (Lipinski definition) is 0. The average Bonchev–Trinajstić information content (AvgIpc) is 2.54. The molecule has 0 N–H and O–H groups in total. The first-order valence-corrected chi connectivity index (χ1v) is 3.59. The van der Waals surface area contributed by atoms with Crippen LogP contribution in [-0.2, 0) is 4.79 Å². The number of hydrogen-bond acceptors (Lipinski definition) is 2. The number of carbonyl (C=O) groups excluding carboxylic acids is 1. The molecule has 2 rings (SSSR count). The van der Waals surface area contributed by atoms with Crippen LogP contribution in [0.3, 0.4) is 0 Å². The molecule has 0 bridgehead atoms. The van der Waals surface area contributed by atoms with Crippen LogP contribution in [0.5, 0.6) is 0 Å². The minimum absolute atomic E-state index is 0.668. The van der Waals surface area contributed by atoms with Crippen molar-refractivity contribution in [2.45, 2.75) is 18.9 Å². The Hall–Kier alpha value is -0.370. The Morgan fingerprint density at radius 1 is 1.67 bits per heavy atom. The molecule has 2 unspecified atom stereocenters. The molecule has 0 aromatic heterocycles. The normalized spacial score (nSPS) is 40.4. The first-order valence-electron chi connectivity index (χ1n) is 3.59. The monoisotopic (exact) mass is 125 g/mol. The van der Waals surface area contributed by atoms with Gasteiger partial charge in [0.15, 0.2) is 0 Å². The molecular weight excluding hydrogens is 114 g/mol. The summed E-state index contributed by atoms with van der Waals surface area (Å²) in [6, 6.07) is 0.801. The fourth-order valence-electron chi connectivity index (χ4n) is 1.81. The maximum Gasteiger partial charge on any atom is 0.133 e. The molecule has 0 amide bonds. The number of rotatable bonds is 2. The Morgan fingerprint density at radius 2 is 2.56 bits per heavy atom. The van der Waals surface area contributed by atoms with E-state index in [1.165, 1.54) is 12.8 Å². The third-order valence-electron chi connectivity index (χ3n) is 2.45. The summed E-state index contributed by atoms with van der Waals surface area (Å²) in [7, 11) is 0. The molecule has 2 fully saturated rings. The Kier molecular flexibility index (Phi) is 1.09. The van der Waals surface area contributed by atoms with E-state index in [1.54, 1.807) is 0 Å². The summed E-state index contributed by atoms with van der Waals surface area (Å²) >= 11 is 0. The van der Waals surface area contributed by atoms with E-state index in [0.717, 1.165) is 24.8 Å². The lowest BCUT2D eigenvalue weighted by Gasteiger charge is -2.11. The molecule has 2 heteroatoms. The van der Waals surface area contributed by atoms with Gasteiger partial charge in [0.1, 0.15) is 6.29 Å². The second-order valence-corrected chi connectivity index (χ2v) is 3.01. The second kappa shape index (κ2) is 1.81. The zero-order valence-corrected chi connectivity index (χ0v) is 5.42. The molecule has 1 aliphatic heterocycles. The molecule has 0 aromatic carbocycles. The highest BCUT2D eigenvalue weighted by atomic mass is 16.1. The Morgan fingerprint density at radius 3 is 3.00 bits per heavy atom. The Labute approximate surface area is 54.8 Å². The van der Waals surface area contributed by atoms with E-state index in [4.69, 9.17) is 0 Å². The number of nitrogens with zero attached hydrogens (tertiary/aromatic N) is 1. The van der Waals surface area contributed by atoms with Gasteiger partial charge in [-0.2, -0.15) is 0 Å². The standard InChI is InChI=1S/C7H11NO/c9-4-3-8-2-1-6-5-7(6)8/h4,6-7H,1-3,5H2. The van der Waals surface area contributed by atoms with Crippen molar-refractivity contribution in [3.05, 3.63) is 0 Å². The van der Waals surface area contributed by atoms with Gasteiger partial charge in [0.2, 0.25) is 0 Å². The number of likely N-dealkylation sites (tertiary alicyclic amines) is 1. The molecule has 2 atom stereocenters. The van der Waals surface area contributed by atoms with Gasteiger partial charge in [-0.3, -0.25) is 4.90 Å². The van der Waals surface area contributed by atoms with Crippen molar-refractivity contribution in [1.82, 2.24) is 4.90 Å². The van der Waals surface area contributed by atoms with Crippen molar-refractivity contribution in [2.24, 2.45) is 5.92 Å². The minimum atomic E-state index is 0.668. The third-order valence-corrected chi connectivity index (χ3v) is 2.45. The van der Waals surface area contributed by atoms with E-state index >= 15 is 0 Å². The van der Waals surface area contributed by atoms with Gasteiger partial charge in [-0.25, -0.2) is 0 Å². The van der Waals surface area contributed by atoms with Crippen LogP contribution in [0.1, 0.15) is 12.8 Å². The molecule has 1 saturated heterocycles. The molecule has 1 aliphatic carbocycles. The lowest BCUT2D eigenvalue weighted by Crippen LogP contribution is -2.24. The van der Waals surface area contributed by atoms with Crippen LogP contribution in [0, 0.1) is 5.92 Å². The molecule has 2 aliphatic rings. The van der Waals surface area contributed by atoms with E-state index in [9.17, 15) is 4.79 Å². The van der Waals surface area contributed by atoms with Crippen LogP contribution in [-0.4, -0.2) is 30.3 Å². The first-order chi connectivity index (χ1) is 4.42. The quantitative estimate of drug-likeness (QED) is 0.494. The molecule has 1 saturated carbocycles. The highest BCUT2D eigenvalue weighted by Crippen LogP contribution is 2.43. The fraction of sp³-hybridized carbons (Fsp3) is 0.857. The van der Waals surface area contributed by atoms with Crippen molar-refractivity contribution in [2.75, 3.05) is 13.1 Å². The third kappa shape index (κ3) is 0.778. The van der Waals surface area contributed by atoms with Crippen molar-refractivity contribution in [3.63, 3.8) is 0 Å². The predicted octanol–water partition coefficient (Wildman–Crippen LogP) is 0.280. The van der Waals surface area contributed by atoms with Gasteiger partial charge in [-0.1, -0.05) is 0 Å². The van der Waals surface area contributed by atoms with Crippen LogP contribution in [0.4, 0.5) is 0 Å². The zero-order chi connectivity index (χ0) is 6.27. The molecule has 50 valence electrons. The Bertz CT molecular complexity index is 135. The maximum atomic E-state index is 10.1. The van der Waals surface area contributed by atoms with Gasteiger partial charge < -0.3 is 4.79 Å². The van der Waals surface area contributed by atoms with Crippen molar-refractivity contribution in [3.8, 4) is 0 Å². The zero-order valence-electron chi connectivity index (χ0n) is 5.42. The van der Waals surface area contributed by atoms with Gasteiger partial charge in [0.05, 0.1) is 6.54 Å². The van der Waals surface area contributed by atoms with Gasteiger partial charge in [0, 0.05) is 6.04 Å². The highest BCUT2D eigenvalue weighted by Gasteiger charge is 2.46. The molecule has 1 heterocycles. The lowest BCUT2D eigenvalue weighted by molar-refractivity contribution is -0.108. The summed E-state index contributed by atoms with van der Waals surface area (Å²) in [6.07, 6.45) is 3.70. The fourth-order valence-corrected chi connectivity index (χ4v) is 1.81. The molecular formula is C7H11NO. The van der Waals surface area contributed by atoms with E-state index in [2.05, 4.69) is 4.90 Å². The van der Waals surface area contributed by atoms with Gasteiger partial charge in [0.25, 0.3) is 0 Å². The summed E-state index contributed by atoms with van der Waals surface area (Å²) in [6.45, 7) is 1.83. The van der Waals surface area contributed by atoms with Crippen LogP contribution < -0.4 is 0 Å². The maximum absolute atomic E-state index is 10.1.